The fourth-order valence-electron chi connectivity index (χ4n) is 3.20. The van der Waals surface area contributed by atoms with E-state index in [0.29, 0.717) is 21.6 Å². The summed E-state index contributed by atoms with van der Waals surface area (Å²) in [6.45, 7) is 6.54. The van der Waals surface area contributed by atoms with E-state index in [1.807, 2.05) is 6.07 Å². The monoisotopic (exact) mass is 384 g/mol. The summed E-state index contributed by atoms with van der Waals surface area (Å²) >= 11 is 6.02. The van der Waals surface area contributed by atoms with E-state index in [2.05, 4.69) is 0 Å². The minimum atomic E-state index is -0.632. The van der Waals surface area contributed by atoms with Gasteiger partial charge in [0.15, 0.2) is 5.76 Å². The van der Waals surface area contributed by atoms with Gasteiger partial charge in [0.2, 0.25) is 11.7 Å². The van der Waals surface area contributed by atoms with Crippen molar-refractivity contribution in [2.24, 2.45) is 0 Å². The highest BCUT2D eigenvalue weighted by Gasteiger charge is 2.29. The molecule has 0 aliphatic carbocycles. The second kappa shape index (κ2) is 6.60. The summed E-state index contributed by atoms with van der Waals surface area (Å²) in [5, 5.41) is 21.2. The van der Waals surface area contributed by atoms with E-state index in [0.717, 1.165) is 4.57 Å². The lowest BCUT2D eigenvalue weighted by molar-refractivity contribution is 0.100. The molecule has 0 amide bonds. The smallest absolute Gasteiger partial charge is 0.271 e. The van der Waals surface area contributed by atoms with Crippen LogP contribution >= 0.6 is 11.6 Å². The van der Waals surface area contributed by atoms with Crippen LogP contribution in [0.3, 0.4) is 0 Å². The second-order valence-corrected chi connectivity index (χ2v) is 7.04. The third-order valence-corrected chi connectivity index (χ3v) is 4.83. The Kier molecular flexibility index (Phi) is 4.58. The zero-order chi connectivity index (χ0) is 20.0. The number of ketones is 1. The van der Waals surface area contributed by atoms with Crippen molar-refractivity contribution in [1.29, 1.82) is 5.26 Å². The van der Waals surface area contributed by atoms with E-state index in [4.69, 9.17) is 16.0 Å². The van der Waals surface area contributed by atoms with Crippen molar-refractivity contribution in [2.45, 2.75) is 33.7 Å². The number of benzene rings is 1. The van der Waals surface area contributed by atoms with Crippen molar-refractivity contribution in [1.82, 2.24) is 4.57 Å². The number of rotatable bonds is 3. The molecule has 1 N–H and O–H groups in total. The summed E-state index contributed by atoms with van der Waals surface area (Å²) in [6.07, 6.45) is 0. The van der Waals surface area contributed by atoms with Crippen LogP contribution in [0.25, 0.3) is 11.0 Å². The van der Waals surface area contributed by atoms with Crippen molar-refractivity contribution in [2.75, 3.05) is 0 Å². The summed E-state index contributed by atoms with van der Waals surface area (Å²) in [5.41, 5.74) is 0.244. The topological polar surface area (TPSA) is 96.2 Å². The minimum Gasteiger partial charge on any atom is -0.494 e. The number of halogens is 1. The lowest BCUT2D eigenvalue weighted by atomic mass is 9.98. The number of nitrogens with zero attached hydrogens (tertiary/aromatic N) is 2. The minimum absolute atomic E-state index is 0.0310. The summed E-state index contributed by atoms with van der Waals surface area (Å²) in [6, 6.07) is 6.39. The van der Waals surface area contributed by atoms with Gasteiger partial charge in [-0.15, -0.1) is 0 Å². The van der Waals surface area contributed by atoms with E-state index < -0.39 is 23.3 Å². The van der Waals surface area contributed by atoms with Gasteiger partial charge in [-0.3, -0.25) is 14.2 Å². The summed E-state index contributed by atoms with van der Waals surface area (Å²) in [4.78, 5) is 25.7. The van der Waals surface area contributed by atoms with Gasteiger partial charge in [-0.2, -0.15) is 5.26 Å². The van der Waals surface area contributed by atoms with E-state index in [1.54, 1.807) is 39.0 Å². The molecule has 6 nitrogen and oxygen atoms in total. The van der Waals surface area contributed by atoms with Crippen LogP contribution < -0.4 is 5.56 Å². The fourth-order valence-corrected chi connectivity index (χ4v) is 3.37. The Balaban J connectivity index is 2.33. The van der Waals surface area contributed by atoms with Crippen LogP contribution in [0.2, 0.25) is 5.02 Å². The average molecular weight is 385 g/mol. The standard InChI is InChI=1S/C20H17ClN2O4/c1-9(2)23-19(25)14(8-22)10(3)16(20(23)26)17(24)18-11(4)13-7-12(21)5-6-15(13)27-18/h5-7,9,26H,1-4H3. The molecule has 138 valence electrons. The van der Waals surface area contributed by atoms with Crippen LogP contribution in [0.4, 0.5) is 0 Å². The SMILES string of the molecule is Cc1c(C(=O)c2oc3ccc(Cl)cc3c2C)c(O)n(C(C)C)c(=O)c1C#N. The first-order valence-electron chi connectivity index (χ1n) is 8.30. The molecule has 0 saturated carbocycles. The van der Waals surface area contributed by atoms with Crippen molar-refractivity contribution < 1.29 is 14.3 Å². The Labute approximate surface area is 160 Å². The molecule has 2 aromatic heterocycles. The average Bonchev–Trinajstić information content (AvgIpc) is 2.91. The highest BCUT2D eigenvalue weighted by molar-refractivity contribution is 6.31. The number of aromatic nitrogens is 1. The predicted molar refractivity (Wildman–Crippen MR) is 102 cm³/mol. The van der Waals surface area contributed by atoms with E-state index >= 15 is 0 Å². The lowest BCUT2D eigenvalue weighted by Crippen LogP contribution is -2.28. The van der Waals surface area contributed by atoms with E-state index in [1.165, 1.54) is 6.92 Å². The van der Waals surface area contributed by atoms with Crippen LogP contribution in [0.1, 0.15) is 52.7 Å². The summed E-state index contributed by atoms with van der Waals surface area (Å²) < 4.78 is 6.73. The number of aryl methyl sites for hydroxylation is 1. The summed E-state index contributed by atoms with van der Waals surface area (Å²) in [5.74, 6) is -1.04. The van der Waals surface area contributed by atoms with Crippen LogP contribution in [0.15, 0.2) is 27.4 Å². The van der Waals surface area contributed by atoms with Gasteiger partial charge < -0.3 is 9.52 Å². The zero-order valence-electron chi connectivity index (χ0n) is 15.3. The van der Waals surface area contributed by atoms with Crippen LogP contribution in [0.5, 0.6) is 5.88 Å². The van der Waals surface area contributed by atoms with Gasteiger partial charge in [0.05, 0.1) is 5.56 Å². The first-order valence-corrected chi connectivity index (χ1v) is 8.68. The largest absolute Gasteiger partial charge is 0.494 e. The van der Waals surface area contributed by atoms with Crippen LogP contribution in [0, 0.1) is 25.2 Å². The third kappa shape index (κ3) is 2.81. The van der Waals surface area contributed by atoms with Crippen molar-refractivity contribution in [3.63, 3.8) is 0 Å². The van der Waals surface area contributed by atoms with Gasteiger partial charge in [-0.05, 0) is 51.5 Å². The highest BCUT2D eigenvalue weighted by Crippen LogP contribution is 2.33. The molecule has 0 radical (unpaired) electrons. The molecule has 0 spiro atoms. The van der Waals surface area contributed by atoms with E-state index in [-0.39, 0.29) is 22.5 Å². The fraction of sp³-hybridized carbons (Fsp3) is 0.250. The highest BCUT2D eigenvalue weighted by atomic mass is 35.5. The number of fused-ring (bicyclic) bond motifs is 1. The first-order chi connectivity index (χ1) is 12.7. The van der Waals surface area contributed by atoms with Gasteiger partial charge in [-0.25, -0.2) is 0 Å². The number of hydrogen-bond donors (Lipinski definition) is 1. The number of aromatic hydroxyl groups is 1. The Hall–Kier alpha value is -3.04. The molecule has 3 rings (SSSR count). The van der Waals surface area contributed by atoms with Crippen molar-refractivity contribution in [3.05, 3.63) is 61.6 Å². The maximum Gasteiger partial charge on any atom is 0.271 e. The van der Waals surface area contributed by atoms with E-state index in [9.17, 15) is 20.0 Å². The molecule has 0 aliphatic heterocycles. The second-order valence-electron chi connectivity index (χ2n) is 6.61. The van der Waals surface area contributed by atoms with Crippen LogP contribution in [-0.2, 0) is 0 Å². The molecule has 0 bridgehead atoms. The Morgan fingerprint density at radius 2 is 1.96 bits per heavy atom. The molecular weight excluding hydrogens is 368 g/mol. The van der Waals surface area contributed by atoms with Gasteiger partial charge in [0.25, 0.3) is 5.56 Å². The first kappa shape index (κ1) is 18.7. The third-order valence-electron chi connectivity index (χ3n) is 4.59. The Morgan fingerprint density at radius 1 is 1.30 bits per heavy atom. The lowest BCUT2D eigenvalue weighted by Gasteiger charge is -2.17. The van der Waals surface area contributed by atoms with Crippen LogP contribution in [-0.4, -0.2) is 15.5 Å². The quantitative estimate of drug-likeness (QED) is 0.681. The van der Waals surface area contributed by atoms with Crippen molar-refractivity contribution in [3.8, 4) is 11.9 Å². The van der Waals surface area contributed by atoms with Crippen molar-refractivity contribution >= 4 is 28.4 Å². The molecule has 0 atom stereocenters. The normalized spacial score (nSPS) is 11.1. The number of pyridine rings is 1. The number of furan rings is 1. The molecule has 2 heterocycles. The predicted octanol–water partition coefficient (Wildman–Crippen LogP) is 4.25. The zero-order valence-corrected chi connectivity index (χ0v) is 16.0. The number of nitriles is 1. The van der Waals surface area contributed by atoms with Gasteiger partial charge in [0, 0.05) is 22.0 Å². The van der Waals surface area contributed by atoms with Gasteiger partial charge >= 0.3 is 0 Å². The van der Waals surface area contributed by atoms with Gasteiger partial charge in [-0.1, -0.05) is 11.6 Å². The molecule has 0 unspecified atom stereocenters. The Morgan fingerprint density at radius 3 is 2.56 bits per heavy atom. The van der Waals surface area contributed by atoms with Gasteiger partial charge in [0.1, 0.15) is 17.2 Å². The molecular formula is C20H17ClN2O4. The maximum atomic E-state index is 13.2. The Bertz CT molecular complexity index is 1200. The number of carbonyl (C=O) groups excluding carboxylic acids is 1. The number of hydrogen-bond acceptors (Lipinski definition) is 5. The molecule has 3 aromatic rings. The summed E-state index contributed by atoms with van der Waals surface area (Å²) in [7, 11) is 0. The maximum absolute atomic E-state index is 13.2. The molecule has 27 heavy (non-hydrogen) atoms. The molecule has 0 aliphatic rings. The molecule has 7 heteroatoms. The molecule has 0 saturated heterocycles. The molecule has 0 fully saturated rings. The molecule has 1 aromatic carbocycles. The number of carbonyl (C=O) groups is 1.